The molecule has 1 N–H and O–H groups in total. The van der Waals surface area contributed by atoms with Gasteiger partial charge >= 0.3 is 5.97 Å². The van der Waals surface area contributed by atoms with Crippen molar-refractivity contribution >= 4 is 11.9 Å². The smallest absolute Gasteiger partial charge is 0.308 e. The van der Waals surface area contributed by atoms with Gasteiger partial charge in [0.25, 0.3) is 0 Å². The summed E-state index contributed by atoms with van der Waals surface area (Å²) in [6.45, 7) is 3.23. The molecule has 23 heavy (non-hydrogen) atoms. The molecule has 0 spiro atoms. The van der Waals surface area contributed by atoms with Crippen LogP contribution in [0.2, 0.25) is 0 Å². The fraction of sp³-hybridized carbons (Fsp3) is 0.529. The van der Waals surface area contributed by atoms with E-state index in [-0.39, 0.29) is 18.9 Å². The number of carbonyl (C=O) groups excluding carboxylic acids is 1. The Morgan fingerprint density at radius 1 is 1.43 bits per heavy atom. The maximum Gasteiger partial charge on any atom is 0.308 e. The van der Waals surface area contributed by atoms with Crippen LogP contribution in [0.15, 0.2) is 18.2 Å². The summed E-state index contributed by atoms with van der Waals surface area (Å²) in [5, 5.41) is 9.07. The standard InChI is InChI=1S/C17H23NO5/c1-3-4-8-23-16-12(6-5-7-14(16)22-2)10-18-11-13(17(20)21)9-15(18)19/h5-7,13H,3-4,8-11H2,1-2H3,(H,20,21). The van der Waals surface area contributed by atoms with Crippen molar-refractivity contribution in [2.45, 2.75) is 32.7 Å². The van der Waals surface area contributed by atoms with Crippen molar-refractivity contribution in [3.8, 4) is 11.5 Å². The SMILES string of the molecule is CCCCOc1c(CN2CC(C(=O)O)CC2=O)cccc1OC. The topological polar surface area (TPSA) is 76.1 Å². The second kappa shape index (κ2) is 7.85. The average molecular weight is 321 g/mol. The van der Waals surface area contributed by atoms with Crippen molar-refractivity contribution < 1.29 is 24.2 Å². The highest BCUT2D eigenvalue weighted by atomic mass is 16.5. The van der Waals surface area contributed by atoms with Crippen LogP contribution in [-0.4, -0.2) is 42.1 Å². The molecule has 0 saturated carbocycles. The van der Waals surface area contributed by atoms with Crippen molar-refractivity contribution in [1.82, 2.24) is 4.90 Å². The van der Waals surface area contributed by atoms with Gasteiger partial charge in [-0.05, 0) is 12.5 Å². The Morgan fingerprint density at radius 3 is 2.83 bits per heavy atom. The quantitative estimate of drug-likeness (QED) is 0.744. The van der Waals surface area contributed by atoms with Gasteiger partial charge in [0.1, 0.15) is 0 Å². The Bertz CT molecular complexity index is 572. The number of carboxylic acids is 1. The van der Waals surface area contributed by atoms with Crippen LogP contribution in [0.5, 0.6) is 11.5 Å². The third-order valence-corrected chi connectivity index (χ3v) is 3.95. The van der Waals surface area contributed by atoms with Crippen LogP contribution < -0.4 is 9.47 Å². The molecule has 1 aliphatic heterocycles. The molecule has 1 aromatic carbocycles. The molecule has 126 valence electrons. The second-order valence-electron chi connectivity index (χ2n) is 5.66. The molecule has 1 unspecified atom stereocenters. The van der Waals surface area contributed by atoms with Crippen molar-refractivity contribution in [2.75, 3.05) is 20.3 Å². The Morgan fingerprint density at radius 2 is 2.22 bits per heavy atom. The first kappa shape index (κ1) is 17.1. The molecule has 1 saturated heterocycles. The molecule has 1 amide bonds. The predicted octanol–water partition coefficient (Wildman–Crippen LogP) is 2.31. The van der Waals surface area contributed by atoms with E-state index in [0.29, 0.717) is 24.7 Å². The Balaban J connectivity index is 2.15. The molecular formula is C17H23NO5. The number of likely N-dealkylation sites (tertiary alicyclic amines) is 1. The average Bonchev–Trinajstić information content (AvgIpc) is 2.90. The van der Waals surface area contributed by atoms with E-state index in [9.17, 15) is 9.59 Å². The van der Waals surface area contributed by atoms with Crippen LogP contribution in [0.4, 0.5) is 0 Å². The van der Waals surface area contributed by atoms with Crippen molar-refractivity contribution in [2.24, 2.45) is 5.92 Å². The van der Waals surface area contributed by atoms with E-state index >= 15 is 0 Å². The van der Waals surface area contributed by atoms with Crippen LogP contribution in [0, 0.1) is 5.92 Å². The van der Waals surface area contributed by atoms with Crippen LogP contribution in [0.25, 0.3) is 0 Å². The van der Waals surface area contributed by atoms with Gasteiger partial charge in [0.05, 0.1) is 19.6 Å². The van der Waals surface area contributed by atoms with Gasteiger partial charge in [0.15, 0.2) is 11.5 Å². The lowest BCUT2D eigenvalue weighted by molar-refractivity contribution is -0.141. The zero-order valence-corrected chi connectivity index (χ0v) is 13.6. The highest BCUT2D eigenvalue weighted by molar-refractivity contribution is 5.86. The summed E-state index contributed by atoms with van der Waals surface area (Å²) in [6, 6.07) is 5.54. The minimum atomic E-state index is -0.925. The number of unbranched alkanes of at least 4 members (excludes halogenated alkanes) is 1. The third-order valence-electron chi connectivity index (χ3n) is 3.95. The lowest BCUT2D eigenvalue weighted by Crippen LogP contribution is -2.26. The normalized spacial score (nSPS) is 17.4. The number of para-hydroxylation sites is 1. The number of rotatable bonds is 8. The van der Waals surface area contributed by atoms with Crippen LogP contribution in [-0.2, 0) is 16.1 Å². The summed E-state index contributed by atoms with van der Waals surface area (Å²) in [4.78, 5) is 24.6. The summed E-state index contributed by atoms with van der Waals surface area (Å²) in [5.41, 5.74) is 0.833. The first-order valence-corrected chi connectivity index (χ1v) is 7.86. The first-order valence-electron chi connectivity index (χ1n) is 7.86. The van der Waals surface area contributed by atoms with Gasteiger partial charge in [0, 0.05) is 25.1 Å². The van der Waals surface area contributed by atoms with Crippen LogP contribution in [0.1, 0.15) is 31.7 Å². The number of benzene rings is 1. The van der Waals surface area contributed by atoms with E-state index in [1.54, 1.807) is 12.0 Å². The number of amides is 1. The molecule has 0 aromatic heterocycles. The summed E-state index contributed by atoms with van der Waals surface area (Å²) in [7, 11) is 1.58. The van der Waals surface area contributed by atoms with Gasteiger partial charge in [-0.15, -0.1) is 0 Å². The molecule has 0 radical (unpaired) electrons. The molecule has 0 aliphatic carbocycles. The molecule has 1 fully saturated rings. The number of carboxylic acid groups (broad SMARTS) is 1. The van der Waals surface area contributed by atoms with E-state index in [1.165, 1.54) is 0 Å². The summed E-state index contributed by atoms with van der Waals surface area (Å²) >= 11 is 0. The Kier molecular flexibility index (Phi) is 5.84. The van der Waals surface area contributed by atoms with E-state index in [2.05, 4.69) is 6.92 Å². The lowest BCUT2D eigenvalue weighted by Gasteiger charge is -2.20. The minimum Gasteiger partial charge on any atom is -0.493 e. The van der Waals surface area contributed by atoms with E-state index < -0.39 is 11.9 Å². The third kappa shape index (κ3) is 4.15. The monoisotopic (exact) mass is 321 g/mol. The largest absolute Gasteiger partial charge is 0.493 e. The number of methoxy groups -OCH3 is 1. The summed E-state index contributed by atoms with van der Waals surface area (Å²) < 4.78 is 11.2. The number of nitrogens with zero attached hydrogens (tertiary/aromatic N) is 1. The molecular weight excluding hydrogens is 298 g/mol. The number of ether oxygens (including phenoxy) is 2. The van der Waals surface area contributed by atoms with E-state index in [1.807, 2.05) is 18.2 Å². The number of carbonyl (C=O) groups is 2. The molecule has 1 aliphatic rings. The van der Waals surface area contributed by atoms with Crippen molar-refractivity contribution in [1.29, 1.82) is 0 Å². The summed E-state index contributed by atoms with van der Waals surface area (Å²) in [5.74, 6) is -0.432. The minimum absolute atomic E-state index is 0.0608. The van der Waals surface area contributed by atoms with Crippen LogP contribution >= 0.6 is 0 Å². The van der Waals surface area contributed by atoms with E-state index in [4.69, 9.17) is 14.6 Å². The van der Waals surface area contributed by atoms with Gasteiger partial charge < -0.3 is 19.5 Å². The molecule has 6 heteroatoms. The zero-order chi connectivity index (χ0) is 16.8. The predicted molar refractivity (Wildman–Crippen MR) is 84.6 cm³/mol. The number of aliphatic carboxylic acids is 1. The molecule has 0 bridgehead atoms. The number of hydrogen-bond acceptors (Lipinski definition) is 4. The highest BCUT2D eigenvalue weighted by Gasteiger charge is 2.34. The van der Waals surface area contributed by atoms with Gasteiger partial charge in [-0.1, -0.05) is 25.5 Å². The summed E-state index contributed by atoms with van der Waals surface area (Å²) in [6.07, 6.45) is 2.02. The lowest BCUT2D eigenvalue weighted by atomic mass is 10.1. The van der Waals surface area contributed by atoms with Crippen molar-refractivity contribution in [3.05, 3.63) is 23.8 Å². The van der Waals surface area contributed by atoms with Crippen LogP contribution in [0.3, 0.4) is 0 Å². The second-order valence-corrected chi connectivity index (χ2v) is 5.66. The highest BCUT2D eigenvalue weighted by Crippen LogP contribution is 2.33. The molecule has 1 heterocycles. The van der Waals surface area contributed by atoms with Crippen molar-refractivity contribution in [3.63, 3.8) is 0 Å². The van der Waals surface area contributed by atoms with E-state index in [0.717, 1.165) is 18.4 Å². The molecule has 1 aromatic rings. The van der Waals surface area contributed by atoms with Gasteiger partial charge in [0.2, 0.25) is 5.91 Å². The number of hydrogen-bond donors (Lipinski definition) is 1. The maximum absolute atomic E-state index is 12.0. The van der Waals surface area contributed by atoms with Gasteiger partial charge in [-0.2, -0.15) is 0 Å². The fourth-order valence-corrected chi connectivity index (χ4v) is 2.62. The molecule has 6 nitrogen and oxygen atoms in total. The first-order chi connectivity index (χ1) is 11.1. The Labute approximate surface area is 136 Å². The molecule has 1 atom stereocenters. The Hall–Kier alpha value is -2.24. The fourth-order valence-electron chi connectivity index (χ4n) is 2.62. The maximum atomic E-state index is 12.0. The van der Waals surface area contributed by atoms with Gasteiger partial charge in [-0.3, -0.25) is 9.59 Å². The van der Waals surface area contributed by atoms with Gasteiger partial charge in [-0.25, -0.2) is 0 Å². The molecule has 2 rings (SSSR count). The zero-order valence-electron chi connectivity index (χ0n) is 13.6.